The van der Waals surface area contributed by atoms with E-state index in [2.05, 4.69) is 15.0 Å². The van der Waals surface area contributed by atoms with Crippen LogP contribution in [0.4, 0.5) is 8.78 Å². The van der Waals surface area contributed by atoms with E-state index >= 15 is 0 Å². The summed E-state index contributed by atoms with van der Waals surface area (Å²) in [5.41, 5.74) is 3.56. The lowest BCUT2D eigenvalue weighted by Crippen LogP contribution is -2.07. The molecule has 1 aromatic heterocycles. The van der Waals surface area contributed by atoms with Gasteiger partial charge in [0.25, 0.3) is 0 Å². The Morgan fingerprint density at radius 3 is 2.65 bits per heavy atom. The summed E-state index contributed by atoms with van der Waals surface area (Å²) in [6.07, 6.45) is 3.08. The van der Waals surface area contributed by atoms with E-state index in [0.717, 1.165) is 5.56 Å². The average molecular weight is 307 g/mol. The number of rotatable bonds is 1. The zero-order valence-corrected chi connectivity index (χ0v) is 12.0. The van der Waals surface area contributed by atoms with Crippen LogP contribution in [0.1, 0.15) is 16.7 Å². The average Bonchev–Trinajstić information content (AvgIpc) is 2.73. The van der Waals surface area contributed by atoms with Crippen LogP contribution >= 0.6 is 0 Å². The number of nitrogens with zero attached hydrogens (tertiary/aromatic N) is 3. The Hall–Kier alpha value is -2.95. The molecule has 2 heterocycles. The van der Waals surface area contributed by atoms with Crippen LogP contribution in [0.2, 0.25) is 0 Å². The molecule has 0 aliphatic carbocycles. The van der Waals surface area contributed by atoms with Crippen molar-refractivity contribution in [1.82, 2.24) is 9.97 Å². The van der Waals surface area contributed by atoms with Crippen molar-refractivity contribution in [3.63, 3.8) is 0 Å². The molecule has 1 aliphatic rings. The van der Waals surface area contributed by atoms with Crippen molar-refractivity contribution in [2.24, 2.45) is 4.99 Å². The van der Waals surface area contributed by atoms with Crippen molar-refractivity contribution < 1.29 is 8.78 Å². The van der Waals surface area contributed by atoms with Gasteiger partial charge in [0.2, 0.25) is 0 Å². The number of hydrogen-bond acceptors (Lipinski definition) is 3. The van der Waals surface area contributed by atoms with E-state index in [9.17, 15) is 8.78 Å². The zero-order chi connectivity index (χ0) is 15.8. The Labute approximate surface area is 131 Å². The van der Waals surface area contributed by atoms with Crippen molar-refractivity contribution in [3.8, 4) is 11.3 Å². The second kappa shape index (κ2) is 5.35. The highest BCUT2D eigenvalue weighted by Gasteiger charge is 2.22. The lowest BCUT2D eigenvalue weighted by Gasteiger charge is -2.11. The molecular weight excluding hydrogens is 296 g/mol. The molecule has 5 heteroatoms. The second-order valence-electron chi connectivity index (χ2n) is 5.23. The summed E-state index contributed by atoms with van der Waals surface area (Å²) < 4.78 is 28.0. The van der Waals surface area contributed by atoms with Gasteiger partial charge in [0.1, 0.15) is 18.0 Å². The third-order valence-electron chi connectivity index (χ3n) is 3.82. The number of aliphatic imine (C=N–C) groups is 1. The summed E-state index contributed by atoms with van der Waals surface area (Å²) in [5.74, 6) is -0.735. The fourth-order valence-corrected chi connectivity index (χ4v) is 2.77. The standard InChI is InChI=1S/C18H11F2N3/c19-12-5-6-13-15(7-12)17-11(8-21-10-23-17)9-22-18(13)14-3-1-2-4-16(14)20/h1-8,10H,9H2. The van der Waals surface area contributed by atoms with Crippen LogP contribution in [0.3, 0.4) is 0 Å². The van der Waals surface area contributed by atoms with Crippen molar-refractivity contribution in [3.05, 3.63) is 83.3 Å². The highest BCUT2D eigenvalue weighted by atomic mass is 19.1. The van der Waals surface area contributed by atoms with Gasteiger partial charge in [-0.15, -0.1) is 0 Å². The number of halogens is 2. The van der Waals surface area contributed by atoms with Gasteiger partial charge in [0.05, 0.1) is 18.0 Å². The van der Waals surface area contributed by atoms with Gasteiger partial charge in [-0.3, -0.25) is 4.99 Å². The highest BCUT2D eigenvalue weighted by Crippen LogP contribution is 2.31. The van der Waals surface area contributed by atoms with Crippen molar-refractivity contribution in [2.75, 3.05) is 0 Å². The Bertz CT molecular complexity index is 935. The summed E-state index contributed by atoms with van der Waals surface area (Å²) in [7, 11) is 0. The van der Waals surface area contributed by atoms with E-state index in [4.69, 9.17) is 0 Å². The molecule has 0 atom stereocenters. The third kappa shape index (κ3) is 2.30. The Morgan fingerprint density at radius 1 is 0.913 bits per heavy atom. The van der Waals surface area contributed by atoms with E-state index in [0.29, 0.717) is 34.6 Å². The number of fused-ring (bicyclic) bond motifs is 3. The molecule has 0 unspecified atom stereocenters. The molecule has 0 N–H and O–H groups in total. The van der Waals surface area contributed by atoms with Crippen LogP contribution < -0.4 is 0 Å². The predicted molar refractivity (Wildman–Crippen MR) is 83.2 cm³/mol. The third-order valence-corrected chi connectivity index (χ3v) is 3.82. The SMILES string of the molecule is Fc1ccc2c(c1)-c1ncncc1CN=C2c1ccccc1F. The van der Waals surface area contributed by atoms with Gasteiger partial charge < -0.3 is 0 Å². The Balaban J connectivity index is 2.02. The van der Waals surface area contributed by atoms with Gasteiger partial charge in [0.15, 0.2) is 0 Å². The van der Waals surface area contributed by atoms with Crippen LogP contribution in [0.5, 0.6) is 0 Å². The van der Waals surface area contributed by atoms with Crippen LogP contribution in [0.25, 0.3) is 11.3 Å². The van der Waals surface area contributed by atoms with Gasteiger partial charge >= 0.3 is 0 Å². The lowest BCUT2D eigenvalue weighted by atomic mass is 9.95. The number of aromatic nitrogens is 2. The Morgan fingerprint density at radius 2 is 1.78 bits per heavy atom. The Kier molecular flexibility index (Phi) is 3.19. The molecule has 112 valence electrons. The topological polar surface area (TPSA) is 38.1 Å². The van der Waals surface area contributed by atoms with E-state index in [1.165, 1.54) is 24.5 Å². The molecule has 0 spiro atoms. The first kappa shape index (κ1) is 13.7. The minimum absolute atomic E-state index is 0.316. The second-order valence-corrected chi connectivity index (χ2v) is 5.23. The maximum atomic E-state index is 14.2. The molecule has 2 aromatic carbocycles. The van der Waals surface area contributed by atoms with Crippen LogP contribution in [-0.2, 0) is 6.54 Å². The van der Waals surface area contributed by atoms with E-state index in [-0.39, 0.29) is 11.6 Å². The lowest BCUT2D eigenvalue weighted by molar-refractivity contribution is 0.625. The molecule has 4 rings (SSSR count). The first-order valence-corrected chi connectivity index (χ1v) is 7.12. The minimum Gasteiger partial charge on any atom is -0.279 e. The number of hydrogen-bond donors (Lipinski definition) is 0. The summed E-state index contributed by atoms with van der Waals surface area (Å²) in [6.45, 7) is 0.316. The molecule has 0 radical (unpaired) electrons. The van der Waals surface area contributed by atoms with Crippen LogP contribution in [-0.4, -0.2) is 15.7 Å². The molecule has 1 aliphatic heterocycles. The van der Waals surface area contributed by atoms with Gasteiger partial charge in [-0.1, -0.05) is 12.1 Å². The molecule has 3 aromatic rings. The molecule has 0 fully saturated rings. The molecule has 0 saturated heterocycles. The van der Waals surface area contributed by atoms with E-state index in [1.807, 2.05) is 0 Å². The van der Waals surface area contributed by atoms with Crippen molar-refractivity contribution in [2.45, 2.75) is 6.54 Å². The maximum Gasteiger partial charge on any atom is 0.132 e. The number of benzene rings is 2. The van der Waals surface area contributed by atoms with Crippen LogP contribution in [0.15, 0.2) is 60.0 Å². The van der Waals surface area contributed by atoms with Gasteiger partial charge in [-0.2, -0.15) is 0 Å². The van der Waals surface area contributed by atoms with Crippen LogP contribution in [0, 0.1) is 11.6 Å². The predicted octanol–water partition coefficient (Wildman–Crippen LogP) is 3.77. The quantitative estimate of drug-likeness (QED) is 0.686. The minimum atomic E-state index is -0.372. The molecule has 0 amide bonds. The summed E-state index contributed by atoms with van der Waals surface area (Å²) >= 11 is 0. The largest absolute Gasteiger partial charge is 0.279 e. The smallest absolute Gasteiger partial charge is 0.132 e. The normalized spacial score (nSPS) is 12.9. The van der Waals surface area contributed by atoms with Gasteiger partial charge in [-0.05, 0) is 30.3 Å². The van der Waals surface area contributed by atoms with Gasteiger partial charge in [-0.25, -0.2) is 18.7 Å². The highest BCUT2D eigenvalue weighted by molar-refractivity contribution is 6.16. The molecular formula is C18H11F2N3. The zero-order valence-electron chi connectivity index (χ0n) is 12.0. The molecule has 23 heavy (non-hydrogen) atoms. The van der Waals surface area contributed by atoms with Crippen molar-refractivity contribution in [1.29, 1.82) is 0 Å². The first-order valence-electron chi connectivity index (χ1n) is 7.12. The summed E-state index contributed by atoms with van der Waals surface area (Å²) in [5, 5.41) is 0. The summed E-state index contributed by atoms with van der Waals surface area (Å²) in [4.78, 5) is 12.8. The maximum absolute atomic E-state index is 14.2. The van der Waals surface area contributed by atoms with Gasteiger partial charge in [0, 0.05) is 28.5 Å². The first-order chi connectivity index (χ1) is 11.2. The van der Waals surface area contributed by atoms with Crippen molar-refractivity contribution >= 4 is 5.71 Å². The van der Waals surface area contributed by atoms with E-state index < -0.39 is 0 Å². The molecule has 0 saturated carbocycles. The fourth-order valence-electron chi connectivity index (χ4n) is 2.77. The molecule has 0 bridgehead atoms. The van der Waals surface area contributed by atoms with E-state index in [1.54, 1.807) is 30.5 Å². The monoisotopic (exact) mass is 307 g/mol. The fraction of sp³-hybridized carbons (Fsp3) is 0.0556. The summed E-state index contributed by atoms with van der Waals surface area (Å²) in [6, 6.07) is 10.8. The molecule has 3 nitrogen and oxygen atoms in total.